The normalized spacial score (nSPS) is 13.8. The molecule has 1 aliphatic carbocycles. The molecule has 0 aliphatic heterocycles. The highest BCUT2D eigenvalue weighted by molar-refractivity contribution is 5.99. The van der Waals surface area contributed by atoms with Crippen molar-refractivity contribution >= 4 is 11.6 Å². The van der Waals surface area contributed by atoms with Crippen molar-refractivity contribution in [2.24, 2.45) is 0 Å². The van der Waals surface area contributed by atoms with E-state index in [2.05, 4.69) is 11.4 Å². The van der Waals surface area contributed by atoms with E-state index < -0.39 is 10.8 Å². The first kappa shape index (κ1) is 17.8. The van der Waals surface area contributed by atoms with Gasteiger partial charge in [-0.3, -0.25) is 14.9 Å². The van der Waals surface area contributed by atoms with Crippen molar-refractivity contribution in [2.75, 3.05) is 20.8 Å². The first-order chi connectivity index (χ1) is 11.6. The lowest BCUT2D eigenvalue weighted by Gasteiger charge is -2.13. The Morgan fingerprint density at radius 2 is 1.96 bits per heavy atom. The predicted octanol–water partition coefficient (Wildman–Crippen LogP) is 3.23. The predicted molar refractivity (Wildman–Crippen MR) is 89.7 cm³/mol. The molecule has 1 amide bonds. The van der Waals surface area contributed by atoms with E-state index in [1.54, 1.807) is 0 Å². The minimum atomic E-state index is -0.597. The SMILES string of the molecule is COc1cc(C(=O)NCCC2=CCCCC2)c([N+](=O)[O-])cc1OC. The summed E-state index contributed by atoms with van der Waals surface area (Å²) in [5, 5.41) is 14.0. The minimum Gasteiger partial charge on any atom is -0.493 e. The number of nitro benzene ring substituents is 1. The number of amides is 1. The van der Waals surface area contributed by atoms with Gasteiger partial charge in [0.2, 0.25) is 0 Å². The van der Waals surface area contributed by atoms with E-state index in [-0.39, 0.29) is 22.7 Å². The van der Waals surface area contributed by atoms with E-state index in [9.17, 15) is 14.9 Å². The molecule has 2 rings (SSSR count). The third kappa shape index (κ3) is 4.24. The van der Waals surface area contributed by atoms with Gasteiger partial charge in [0.25, 0.3) is 11.6 Å². The molecule has 1 aromatic rings. The van der Waals surface area contributed by atoms with Gasteiger partial charge in [-0.25, -0.2) is 0 Å². The number of methoxy groups -OCH3 is 2. The van der Waals surface area contributed by atoms with Crippen LogP contribution in [0.15, 0.2) is 23.8 Å². The number of nitrogens with one attached hydrogen (secondary N) is 1. The molecular weight excluding hydrogens is 312 g/mol. The Hall–Kier alpha value is -2.57. The Morgan fingerprint density at radius 3 is 2.54 bits per heavy atom. The van der Waals surface area contributed by atoms with Crippen LogP contribution >= 0.6 is 0 Å². The number of ether oxygens (including phenoxy) is 2. The Labute approximate surface area is 140 Å². The summed E-state index contributed by atoms with van der Waals surface area (Å²) >= 11 is 0. The van der Waals surface area contributed by atoms with Gasteiger partial charge in [-0.1, -0.05) is 11.6 Å². The molecule has 0 spiro atoms. The number of nitrogens with zero attached hydrogens (tertiary/aromatic N) is 1. The van der Waals surface area contributed by atoms with E-state index >= 15 is 0 Å². The fourth-order valence-electron chi connectivity index (χ4n) is 2.76. The van der Waals surface area contributed by atoms with E-state index in [0.29, 0.717) is 6.54 Å². The number of hydrogen-bond acceptors (Lipinski definition) is 5. The molecule has 0 radical (unpaired) electrons. The van der Waals surface area contributed by atoms with Crippen molar-refractivity contribution in [1.29, 1.82) is 0 Å². The van der Waals surface area contributed by atoms with Crippen molar-refractivity contribution < 1.29 is 19.2 Å². The molecule has 0 saturated carbocycles. The zero-order valence-electron chi connectivity index (χ0n) is 14.0. The first-order valence-corrected chi connectivity index (χ1v) is 7.93. The van der Waals surface area contributed by atoms with Crippen molar-refractivity contribution in [2.45, 2.75) is 32.1 Å². The number of rotatable bonds is 7. The number of nitro groups is 1. The molecular formula is C17H22N2O5. The van der Waals surface area contributed by atoms with Gasteiger partial charge in [0, 0.05) is 12.6 Å². The van der Waals surface area contributed by atoms with E-state index in [0.717, 1.165) is 19.3 Å². The summed E-state index contributed by atoms with van der Waals surface area (Å²) < 4.78 is 10.2. The molecule has 1 aliphatic rings. The lowest BCUT2D eigenvalue weighted by molar-refractivity contribution is -0.385. The fourth-order valence-corrected chi connectivity index (χ4v) is 2.76. The van der Waals surface area contributed by atoms with Crippen LogP contribution in [0, 0.1) is 10.1 Å². The number of allylic oxidation sites excluding steroid dienone is 1. The molecule has 0 aromatic heterocycles. The highest BCUT2D eigenvalue weighted by atomic mass is 16.6. The molecule has 0 saturated heterocycles. The van der Waals surface area contributed by atoms with Crippen LogP contribution in [0.1, 0.15) is 42.5 Å². The average Bonchev–Trinajstić information content (AvgIpc) is 2.61. The Morgan fingerprint density at radius 1 is 1.25 bits per heavy atom. The maximum absolute atomic E-state index is 12.3. The summed E-state index contributed by atoms with van der Waals surface area (Å²) in [7, 11) is 2.81. The molecule has 1 aromatic carbocycles. The Bertz CT molecular complexity index is 655. The second-order valence-electron chi connectivity index (χ2n) is 5.60. The van der Waals surface area contributed by atoms with Gasteiger partial charge in [0.15, 0.2) is 11.5 Å². The molecule has 0 bridgehead atoms. The standard InChI is InChI=1S/C17H22N2O5/c1-23-15-10-13(14(19(21)22)11-16(15)24-2)17(20)18-9-8-12-6-4-3-5-7-12/h6,10-11H,3-5,7-9H2,1-2H3,(H,18,20). The van der Waals surface area contributed by atoms with Gasteiger partial charge in [-0.15, -0.1) is 0 Å². The van der Waals surface area contributed by atoms with Gasteiger partial charge < -0.3 is 14.8 Å². The van der Waals surface area contributed by atoms with E-state index in [1.807, 2.05) is 0 Å². The molecule has 7 nitrogen and oxygen atoms in total. The second-order valence-corrected chi connectivity index (χ2v) is 5.60. The topological polar surface area (TPSA) is 90.7 Å². The van der Waals surface area contributed by atoms with Crippen molar-refractivity contribution in [3.05, 3.63) is 39.5 Å². The maximum atomic E-state index is 12.3. The lowest BCUT2D eigenvalue weighted by Crippen LogP contribution is -2.25. The monoisotopic (exact) mass is 334 g/mol. The molecule has 130 valence electrons. The van der Waals surface area contributed by atoms with Crippen LogP contribution in [0.4, 0.5) is 5.69 Å². The molecule has 0 heterocycles. The van der Waals surface area contributed by atoms with Gasteiger partial charge in [-0.05, 0) is 32.1 Å². The Balaban J connectivity index is 2.12. The van der Waals surface area contributed by atoms with Gasteiger partial charge in [-0.2, -0.15) is 0 Å². The van der Waals surface area contributed by atoms with Gasteiger partial charge in [0.1, 0.15) is 5.56 Å². The van der Waals surface area contributed by atoms with Crippen molar-refractivity contribution in [1.82, 2.24) is 5.32 Å². The van der Waals surface area contributed by atoms with Crippen LogP contribution in [0.2, 0.25) is 0 Å². The maximum Gasteiger partial charge on any atom is 0.286 e. The zero-order valence-corrected chi connectivity index (χ0v) is 14.0. The smallest absolute Gasteiger partial charge is 0.286 e. The summed E-state index contributed by atoms with van der Waals surface area (Å²) in [6.45, 7) is 0.455. The van der Waals surface area contributed by atoms with Gasteiger partial charge >= 0.3 is 0 Å². The lowest BCUT2D eigenvalue weighted by atomic mass is 9.97. The number of hydrogen-bond donors (Lipinski definition) is 1. The van der Waals surface area contributed by atoms with Crippen LogP contribution in [-0.4, -0.2) is 31.6 Å². The quantitative estimate of drug-likeness (QED) is 0.469. The largest absolute Gasteiger partial charge is 0.493 e. The van der Waals surface area contributed by atoms with E-state index in [1.165, 1.54) is 44.8 Å². The molecule has 1 N–H and O–H groups in total. The molecule has 0 fully saturated rings. The average molecular weight is 334 g/mol. The highest BCUT2D eigenvalue weighted by Gasteiger charge is 2.24. The van der Waals surface area contributed by atoms with Crippen molar-refractivity contribution in [3.8, 4) is 11.5 Å². The number of benzene rings is 1. The molecule has 24 heavy (non-hydrogen) atoms. The van der Waals surface area contributed by atoms with Crippen LogP contribution in [0.5, 0.6) is 11.5 Å². The molecule has 0 atom stereocenters. The summed E-state index contributed by atoms with van der Waals surface area (Å²) in [5.41, 5.74) is 1.00. The third-order valence-corrected chi connectivity index (χ3v) is 4.06. The minimum absolute atomic E-state index is 0.0322. The van der Waals surface area contributed by atoms with Crippen LogP contribution < -0.4 is 14.8 Å². The van der Waals surface area contributed by atoms with Crippen LogP contribution in [0.3, 0.4) is 0 Å². The van der Waals surface area contributed by atoms with Crippen LogP contribution in [-0.2, 0) is 0 Å². The second kappa shape index (κ2) is 8.33. The summed E-state index contributed by atoms with van der Waals surface area (Å²) in [4.78, 5) is 23.0. The summed E-state index contributed by atoms with van der Waals surface area (Å²) in [6, 6.07) is 2.55. The number of carbonyl (C=O) groups is 1. The third-order valence-electron chi connectivity index (χ3n) is 4.06. The molecule has 0 unspecified atom stereocenters. The van der Waals surface area contributed by atoms with Crippen molar-refractivity contribution in [3.63, 3.8) is 0 Å². The summed E-state index contributed by atoms with van der Waals surface area (Å²) in [5.74, 6) is 0.00964. The number of carbonyl (C=O) groups excluding carboxylic acids is 1. The molecule has 7 heteroatoms. The Kier molecular flexibility index (Phi) is 6.17. The highest BCUT2D eigenvalue weighted by Crippen LogP contribution is 2.34. The van der Waals surface area contributed by atoms with E-state index in [4.69, 9.17) is 9.47 Å². The zero-order chi connectivity index (χ0) is 17.5. The van der Waals surface area contributed by atoms with Crippen LogP contribution in [0.25, 0.3) is 0 Å². The fraction of sp³-hybridized carbons (Fsp3) is 0.471. The van der Waals surface area contributed by atoms with Gasteiger partial charge in [0.05, 0.1) is 25.2 Å². The first-order valence-electron chi connectivity index (χ1n) is 7.93. The summed E-state index contributed by atoms with van der Waals surface area (Å²) in [6.07, 6.45) is 7.53.